The minimum Gasteiger partial charge on any atom is -0.494 e. The number of aromatic nitrogens is 3. The number of hydrogen-bond acceptors (Lipinski definition) is 6. The highest BCUT2D eigenvalue weighted by Gasteiger charge is 2.04. The van der Waals surface area contributed by atoms with Gasteiger partial charge in [-0.3, -0.25) is 14.8 Å². The molecular formula is C20H23N5O2. The summed E-state index contributed by atoms with van der Waals surface area (Å²) in [4.78, 5) is 23.1. The Bertz CT molecular complexity index is 912. The van der Waals surface area contributed by atoms with Gasteiger partial charge in [-0.1, -0.05) is 12.1 Å². The Labute approximate surface area is 157 Å². The van der Waals surface area contributed by atoms with E-state index in [1.54, 1.807) is 12.4 Å². The van der Waals surface area contributed by atoms with Gasteiger partial charge in [-0.15, -0.1) is 0 Å². The average Bonchev–Trinajstić information content (AvgIpc) is 2.70. The molecule has 0 aliphatic rings. The molecule has 27 heavy (non-hydrogen) atoms. The number of aromatic amines is 1. The van der Waals surface area contributed by atoms with Gasteiger partial charge in [-0.2, -0.15) is 0 Å². The molecule has 2 heterocycles. The van der Waals surface area contributed by atoms with Crippen LogP contribution in [0.3, 0.4) is 0 Å². The first-order chi connectivity index (χ1) is 13.2. The predicted molar refractivity (Wildman–Crippen MR) is 106 cm³/mol. The van der Waals surface area contributed by atoms with Gasteiger partial charge in [0.2, 0.25) is 5.95 Å². The number of nitrogens with one attached hydrogen (secondary N) is 2. The molecule has 0 spiro atoms. The Balaban J connectivity index is 1.65. The van der Waals surface area contributed by atoms with Crippen LogP contribution >= 0.6 is 0 Å². The summed E-state index contributed by atoms with van der Waals surface area (Å²) in [6.45, 7) is 1.84. The van der Waals surface area contributed by atoms with E-state index < -0.39 is 0 Å². The predicted octanol–water partition coefficient (Wildman–Crippen LogP) is 2.56. The van der Waals surface area contributed by atoms with E-state index >= 15 is 0 Å². The second-order valence-corrected chi connectivity index (χ2v) is 6.06. The van der Waals surface area contributed by atoms with Crippen molar-refractivity contribution in [1.82, 2.24) is 15.0 Å². The van der Waals surface area contributed by atoms with Crippen LogP contribution in [0.4, 0.5) is 5.95 Å². The summed E-state index contributed by atoms with van der Waals surface area (Å²) in [5.41, 5.74) is 7.74. The molecule has 140 valence electrons. The zero-order valence-electron chi connectivity index (χ0n) is 15.0. The Morgan fingerprint density at radius 3 is 2.78 bits per heavy atom. The van der Waals surface area contributed by atoms with E-state index in [9.17, 15) is 4.79 Å². The van der Waals surface area contributed by atoms with Gasteiger partial charge in [0.05, 0.1) is 12.3 Å². The zero-order valence-corrected chi connectivity index (χ0v) is 15.0. The fourth-order valence-electron chi connectivity index (χ4n) is 2.58. The third kappa shape index (κ3) is 5.65. The van der Waals surface area contributed by atoms with Crippen LogP contribution in [-0.4, -0.2) is 28.1 Å². The lowest BCUT2D eigenvalue weighted by Crippen LogP contribution is -2.12. The van der Waals surface area contributed by atoms with Crippen LogP contribution in [0.5, 0.6) is 5.75 Å². The van der Waals surface area contributed by atoms with Gasteiger partial charge in [-0.25, -0.2) is 4.98 Å². The van der Waals surface area contributed by atoms with Gasteiger partial charge in [0, 0.05) is 30.6 Å². The number of nitrogens with zero attached hydrogens (tertiary/aromatic N) is 2. The largest absolute Gasteiger partial charge is 0.494 e. The lowest BCUT2D eigenvalue weighted by Gasteiger charge is -2.10. The highest BCUT2D eigenvalue weighted by Crippen LogP contribution is 2.17. The van der Waals surface area contributed by atoms with E-state index in [0.717, 1.165) is 29.7 Å². The lowest BCUT2D eigenvalue weighted by atomic mass is 10.2. The van der Waals surface area contributed by atoms with E-state index in [1.807, 2.05) is 36.4 Å². The van der Waals surface area contributed by atoms with Crippen molar-refractivity contribution in [2.75, 3.05) is 18.5 Å². The second kappa shape index (κ2) is 9.49. The first-order valence-corrected chi connectivity index (χ1v) is 8.92. The van der Waals surface area contributed by atoms with Crippen molar-refractivity contribution in [1.29, 1.82) is 0 Å². The molecule has 0 unspecified atom stereocenters. The van der Waals surface area contributed by atoms with Crippen LogP contribution in [0.1, 0.15) is 18.4 Å². The summed E-state index contributed by atoms with van der Waals surface area (Å²) < 4.78 is 5.73. The smallest absolute Gasteiger partial charge is 0.252 e. The number of benzene rings is 1. The summed E-state index contributed by atoms with van der Waals surface area (Å²) in [7, 11) is 0. The Morgan fingerprint density at radius 1 is 1.11 bits per heavy atom. The lowest BCUT2D eigenvalue weighted by molar-refractivity contribution is 0.307. The number of nitrogens with two attached hydrogens (primary N) is 1. The fraction of sp³-hybridized carbons (Fsp3) is 0.250. The number of pyridine rings is 1. The van der Waals surface area contributed by atoms with Gasteiger partial charge >= 0.3 is 0 Å². The van der Waals surface area contributed by atoms with E-state index in [-0.39, 0.29) is 5.56 Å². The second-order valence-electron chi connectivity index (χ2n) is 6.06. The topological polar surface area (TPSA) is 106 Å². The van der Waals surface area contributed by atoms with E-state index in [1.165, 1.54) is 6.07 Å². The molecule has 4 N–H and O–H groups in total. The van der Waals surface area contributed by atoms with Crippen LogP contribution < -0.4 is 21.3 Å². The van der Waals surface area contributed by atoms with Gasteiger partial charge in [0.1, 0.15) is 5.75 Å². The number of unbranched alkanes of at least 4 members (excludes halogenated alkanes) is 1. The highest BCUT2D eigenvalue weighted by atomic mass is 16.5. The third-order valence-electron chi connectivity index (χ3n) is 3.94. The summed E-state index contributed by atoms with van der Waals surface area (Å²) >= 11 is 0. The Morgan fingerprint density at radius 2 is 1.96 bits per heavy atom. The van der Waals surface area contributed by atoms with Crippen LogP contribution in [-0.2, 0) is 6.54 Å². The van der Waals surface area contributed by atoms with Crippen molar-refractivity contribution >= 4 is 5.95 Å². The van der Waals surface area contributed by atoms with E-state index in [2.05, 4.69) is 20.3 Å². The van der Waals surface area contributed by atoms with Crippen molar-refractivity contribution in [3.05, 3.63) is 70.8 Å². The van der Waals surface area contributed by atoms with E-state index in [4.69, 9.17) is 10.5 Å². The quantitative estimate of drug-likeness (QED) is 0.503. The van der Waals surface area contributed by atoms with Gasteiger partial charge < -0.3 is 15.8 Å². The molecule has 0 saturated carbocycles. The van der Waals surface area contributed by atoms with Crippen molar-refractivity contribution in [2.24, 2.45) is 5.73 Å². The van der Waals surface area contributed by atoms with Crippen molar-refractivity contribution < 1.29 is 4.74 Å². The average molecular weight is 365 g/mol. The van der Waals surface area contributed by atoms with Gasteiger partial charge in [-0.05, 0) is 49.2 Å². The number of H-pyrrole nitrogens is 1. The molecule has 0 aliphatic heterocycles. The van der Waals surface area contributed by atoms with Crippen LogP contribution in [0, 0.1) is 0 Å². The maximum absolute atomic E-state index is 11.9. The first-order valence-electron chi connectivity index (χ1n) is 8.92. The molecule has 2 aromatic heterocycles. The molecular weight excluding hydrogens is 342 g/mol. The number of hydrogen-bond donors (Lipinski definition) is 3. The van der Waals surface area contributed by atoms with Gasteiger partial charge in [0.15, 0.2) is 0 Å². The zero-order chi connectivity index (χ0) is 18.9. The number of ether oxygens (including phenoxy) is 1. The molecule has 3 rings (SSSR count). The molecule has 0 atom stereocenters. The Kier molecular flexibility index (Phi) is 6.54. The third-order valence-corrected chi connectivity index (χ3v) is 3.94. The van der Waals surface area contributed by atoms with Crippen LogP contribution in [0.15, 0.2) is 59.7 Å². The summed E-state index contributed by atoms with van der Waals surface area (Å²) in [6.07, 6.45) is 5.23. The number of anilines is 1. The maximum atomic E-state index is 11.9. The highest BCUT2D eigenvalue weighted by molar-refractivity contribution is 5.59. The monoisotopic (exact) mass is 365 g/mol. The minimum absolute atomic E-state index is 0.212. The molecule has 0 fully saturated rings. The van der Waals surface area contributed by atoms with Crippen molar-refractivity contribution in [2.45, 2.75) is 19.4 Å². The molecule has 7 heteroatoms. The normalized spacial score (nSPS) is 10.6. The molecule has 0 radical (unpaired) electrons. The van der Waals surface area contributed by atoms with Crippen LogP contribution in [0.25, 0.3) is 11.3 Å². The fourth-order valence-corrected chi connectivity index (χ4v) is 2.58. The summed E-state index contributed by atoms with van der Waals surface area (Å²) in [6, 6.07) is 12.9. The van der Waals surface area contributed by atoms with E-state index in [0.29, 0.717) is 31.3 Å². The standard InChI is InChI=1S/C20H23N5O2/c21-8-1-2-11-27-17-5-3-4-15(12-17)14-23-20-24-18(13-19(26)25-20)16-6-9-22-10-7-16/h3-7,9-10,12-13H,1-2,8,11,14,21H2,(H2,23,24,25,26). The maximum Gasteiger partial charge on any atom is 0.252 e. The number of rotatable bonds is 9. The van der Waals surface area contributed by atoms with Gasteiger partial charge in [0.25, 0.3) is 5.56 Å². The van der Waals surface area contributed by atoms with Crippen molar-refractivity contribution in [3.8, 4) is 17.0 Å². The minimum atomic E-state index is -0.212. The molecule has 1 aromatic carbocycles. The Hall–Kier alpha value is -3.19. The summed E-state index contributed by atoms with van der Waals surface area (Å²) in [5, 5.41) is 3.16. The molecule has 0 saturated heterocycles. The molecule has 7 nitrogen and oxygen atoms in total. The summed E-state index contributed by atoms with van der Waals surface area (Å²) in [5.74, 6) is 1.24. The van der Waals surface area contributed by atoms with Crippen LogP contribution in [0.2, 0.25) is 0 Å². The molecule has 3 aromatic rings. The van der Waals surface area contributed by atoms with Crippen molar-refractivity contribution in [3.63, 3.8) is 0 Å². The molecule has 0 aliphatic carbocycles. The SMILES string of the molecule is NCCCCOc1cccc(CNc2nc(-c3ccncc3)cc(=O)[nH]2)c1. The molecule has 0 bridgehead atoms. The first kappa shape index (κ1) is 18.6. The molecule has 0 amide bonds.